The summed E-state index contributed by atoms with van der Waals surface area (Å²) in [5.74, 6) is -0.0989. The van der Waals surface area contributed by atoms with Gasteiger partial charge in [-0.1, -0.05) is 0 Å². The molecule has 0 aliphatic carbocycles. The Kier molecular flexibility index (Phi) is 2.93. The lowest BCUT2D eigenvalue weighted by Gasteiger charge is -2.08. The van der Waals surface area contributed by atoms with Gasteiger partial charge in [-0.05, 0) is 29.8 Å². The number of H-pyrrole nitrogens is 1. The molecule has 2 N–H and O–H groups in total. The number of fused-ring (bicyclic) bond motifs is 1. The van der Waals surface area contributed by atoms with Crippen molar-refractivity contribution in [2.45, 2.75) is 0 Å². The van der Waals surface area contributed by atoms with E-state index in [1.54, 1.807) is 0 Å². The van der Waals surface area contributed by atoms with Crippen LogP contribution in [0.15, 0.2) is 24.4 Å². The van der Waals surface area contributed by atoms with Gasteiger partial charge in [-0.25, -0.2) is 4.39 Å². The second-order valence-electron chi connectivity index (χ2n) is 3.90. The van der Waals surface area contributed by atoms with Gasteiger partial charge in [0.15, 0.2) is 5.65 Å². The van der Waals surface area contributed by atoms with E-state index in [0.717, 1.165) is 6.07 Å². The Morgan fingerprint density at radius 2 is 2.20 bits per heavy atom. The van der Waals surface area contributed by atoms with Crippen molar-refractivity contribution < 1.29 is 4.39 Å². The molecule has 0 bridgehead atoms. The summed E-state index contributed by atoms with van der Waals surface area (Å²) in [6, 6.07) is 5.75. The third-order valence-electron chi connectivity index (χ3n) is 2.64. The molecule has 0 unspecified atom stereocenters. The Morgan fingerprint density at radius 1 is 1.35 bits per heavy atom. The van der Waals surface area contributed by atoms with Crippen LogP contribution in [-0.4, -0.2) is 20.2 Å². The zero-order valence-electron chi connectivity index (χ0n) is 9.85. The average molecular weight is 289 g/mol. The molecule has 0 saturated carbocycles. The fourth-order valence-corrected chi connectivity index (χ4v) is 1.92. The minimum atomic E-state index is -0.485. The smallest absolute Gasteiger partial charge is 0.226 e. The average Bonchev–Trinajstić information content (AvgIpc) is 2.88. The number of nitrogens with one attached hydrogen (secondary N) is 2. The van der Waals surface area contributed by atoms with Gasteiger partial charge < -0.3 is 5.32 Å². The Bertz CT molecular complexity index is 838. The van der Waals surface area contributed by atoms with Crippen LogP contribution < -0.4 is 5.32 Å². The maximum Gasteiger partial charge on any atom is 0.226 e. The van der Waals surface area contributed by atoms with Gasteiger partial charge in [0, 0.05) is 0 Å². The first-order chi connectivity index (χ1) is 9.67. The fraction of sp³-hybridized carbons (Fsp3) is 0. The van der Waals surface area contributed by atoms with Gasteiger partial charge in [0.2, 0.25) is 5.28 Å². The summed E-state index contributed by atoms with van der Waals surface area (Å²) in [5.41, 5.74) is 1.05. The highest BCUT2D eigenvalue weighted by Gasteiger charge is 2.11. The maximum atomic E-state index is 13.1. The van der Waals surface area contributed by atoms with Crippen molar-refractivity contribution in [1.29, 1.82) is 5.26 Å². The molecule has 98 valence electrons. The molecule has 1 aromatic carbocycles. The molecule has 2 heterocycles. The number of halogens is 2. The normalized spacial score (nSPS) is 10.4. The maximum absolute atomic E-state index is 13.1. The third-order valence-corrected chi connectivity index (χ3v) is 2.81. The topological polar surface area (TPSA) is 90.3 Å². The zero-order chi connectivity index (χ0) is 14.1. The van der Waals surface area contributed by atoms with Crippen LogP contribution in [-0.2, 0) is 0 Å². The SMILES string of the molecule is N#Cc1cc(F)ccc1Nc1nc(Cl)nc2[nH]ncc12. The number of rotatable bonds is 2. The molecular weight excluding hydrogens is 283 g/mol. The molecule has 3 aromatic rings. The van der Waals surface area contributed by atoms with Gasteiger partial charge in [0.1, 0.15) is 17.7 Å². The summed E-state index contributed by atoms with van der Waals surface area (Å²) < 4.78 is 13.1. The van der Waals surface area contributed by atoms with Crippen LogP contribution in [0.5, 0.6) is 0 Å². The van der Waals surface area contributed by atoms with Crippen molar-refractivity contribution in [3.8, 4) is 6.07 Å². The molecule has 20 heavy (non-hydrogen) atoms. The summed E-state index contributed by atoms with van der Waals surface area (Å²) in [6.07, 6.45) is 1.53. The van der Waals surface area contributed by atoms with Gasteiger partial charge in [0.05, 0.1) is 22.8 Å². The second-order valence-corrected chi connectivity index (χ2v) is 4.24. The number of benzene rings is 1. The first kappa shape index (κ1) is 12.3. The lowest BCUT2D eigenvalue weighted by molar-refractivity contribution is 0.627. The Hall–Kier alpha value is -2.72. The van der Waals surface area contributed by atoms with E-state index in [-0.39, 0.29) is 10.8 Å². The van der Waals surface area contributed by atoms with Crippen LogP contribution in [0.1, 0.15) is 5.56 Å². The molecule has 0 spiro atoms. The number of hydrogen-bond acceptors (Lipinski definition) is 5. The van der Waals surface area contributed by atoms with Gasteiger partial charge in [-0.15, -0.1) is 0 Å². The summed E-state index contributed by atoms with van der Waals surface area (Å²) in [7, 11) is 0. The number of hydrogen-bond donors (Lipinski definition) is 2. The first-order valence-electron chi connectivity index (χ1n) is 5.50. The van der Waals surface area contributed by atoms with Gasteiger partial charge in [0.25, 0.3) is 0 Å². The van der Waals surface area contributed by atoms with Crippen LogP contribution in [0, 0.1) is 17.1 Å². The van der Waals surface area contributed by atoms with E-state index in [9.17, 15) is 4.39 Å². The number of nitrogens with zero attached hydrogens (tertiary/aromatic N) is 4. The molecule has 0 fully saturated rings. The highest BCUT2D eigenvalue weighted by Crippen LogP contribution is 2.26. The molecule has 0 aliphatic rings. The summed E-state index contributed by atoms with van der Waals surface area (Å²) in [4.78, 5) is 8.01. The van der Waals surface area contributed by atoms with Gasteiger partial charge in [-0.2, -0.15) is 20.3 Å². The predicted molar refractivity (Wildman–Crippen MR) is 71.1 cm³/mol. The van der Waals surface area contributed by atoms with Gasteiger partial charge >= 0.3 is 0 Å². The van der Waals surface area contributed by atoms with E-state index in [1.165, 1.54) is 18.3 Å². The number of anilines is 2. The van der Waals surface area contributed by atoms with Crippen molar-refractivity contribution in [1.82, 2.24) is 20.2 Å². The van der Waals surface area contributed by atoms with Crippen LogP contribution in [0.3, 0.4) is 0 Å². The zero-order valence-corrected chi connectivity index (χ0v) is 10.6. The van der Waals surface area contributed by atoms with E-state index in [1.807, 2.05) is 6.07 Å². The highest BCUT2D eigenvalue weighted by molar-refractivity contribution is 6.28. The summed E-state index contributed by atoms with van der Waals surface area (Å²) >= 11 is 5.81. The predicted octanol–water partition coefficient (Wildman–Crippen LogP) is 2.76. The van der Waals surface area contributed by atoms with Crippen LogP contribution >= 0.6 is 11.6 Å². The molecular formula is C12H6ClFN6. The van der Waals surface area contributed by atoms with Crippen molar-refractivity contribution in [3.05, 3.63) is 41.1 Å². The standard InChI is InChI=1S/C12H6ClFN6/c13-12-18-10(8-5-16-20-11(8)19-12)17-9-2-1-7(14)3-6(9)4-15/h1-3,5H,(H2,16,17,18,19,20). The third kappa shape index (κ3) is 2.13. The van der Waals surface area contributed by atoms with Crippen molar-refractivity contribution in [3.63, 3.8) is 0 Å². The molecule has 2 aromatic heterocycles. The summed E-state index contributed by atoms with van der Waals surface area (Å²) in [5, 5.41) is 19.1. The lowest BCUT2D eigenvalue weighted by atomic mass is 10.2. The van der Waals surface area contributed by atoms with E-state index in [0.29, 0.717) is 22.5 Å². The molecule has 6 nitrogen and oxygen atoms in total. The van der Waals surface area contributed by atoms with Crippen molar-refractivity contribution in [2.24, 2.45) is 0 Å². The molecule has 8 heteroatoms. The van der Waals surface area contributed by atoms with Crippen LogP contribution in [0.2, 0.25) is 5.28 Å². The minimum absolute atomic E-state index is 0.0323. The van der Waals surface area contributed by atoms with E-state index in [4.69, 9.17) is 16.9 Å². The lowest BCUT2D eigenvalue weighted by Crippen LogP contribution is -1.99. The Balaban J connectivity index is 2.10. The van der Waals surface area contributed by atoms with Crippen molar-refractivity contribution >= 4 is 34.1 Å². The van der Waals surface area contributed by atoms with Gasteiger partial charge in [-0.3, -0.25) is 5.10 Å². The molecule has 0 atom stereocenters. The highest BCUT2D eigenvalue weighted by atomic mass is 35.5. The first-order valence-corrected chi connectivity index (χ1v) is 5.88. The number of aromatic nitrogens is 4. The largest absolute Gasteiger partial charge is 0.338 e. The minimum Gasteiger partial charge on any atom is -0.338 e. The molecule has 0 amide bonds. The number of aromatic amines is 1. The van der Waals surface area contributed by atoms with Crippen molar-refractivity contribution in [2.75, 3.05) is 5.32 Å². The monoisotopic (exact) mass is 288 g/mol. The summed E-state index contributed by atoms with van der Waals surface area (Å²) in [6.45, 7) is 0. The molecule has 0 radical (unpaired) electrons. The van der Waals surface area contributed by atoms with E-state index in [2.05, 4.69) is 25.5 Å². The Labute approximate surface area is 117 Å². The molecule has 0 saturated heterocycles. The van der Waals surface area contributed by atoms with E-state index >= 15 is 0 Å². The van der Waals surface area contributed by atoms with Crippen LogP contribution in [0.4, 0.5) is 15.9 Å². The Morgan fingerprint density at radius 3 is 3.00 bits per heavy atom. The van der Waals surface area contributed by atoms with E-state index < -0.39 is 5.82 Å². The van der Waals surface area contributed by atoms with Crippen LogP contribution in [0.25, 0.3) is 11.0 Å². The second kappa shape index (κ2) is 4.75. The fourth-order valence-electron chi connectivity index (χ4n) is 1.75. The molecule has 0 aliphatic heterocycles. The molecule has 3 rings (SSSR count). The quantitative estimate of drug-likeness (QED) is 0.708. The number of nitriles is 1.